The summed E-state index contributed by atoms with van der Waals surface area (Å²) < 4.78 is 0. The van der Waals surface area contributed by atoms with E-state index in [4.69, 9.17) is 0 Å². The molecule has 0 unspecified atom stereocenters. The highest BCUT2D eigenvalue weighted by atomic mass is 32.2. The van der Waals surface area contributed by atoms with Gasteiger partial charge in [-0.3, -0.25) is 4.79 Å². The Morgan fingerprint density at radius 2 is 1.83 bits per heavy atom. The van der Waals surface area contributed by atoms with Crippen molar-refractivity contribution in [3.63, 3.8) is 0 Å². The fraction of sp³-hybridized carbons (Fsp3) is 0.533. The molecule has 0 atom stereocenters. The second-order valence-electron chi connectivity index (χ2n) is 4.27. The van der Waals surface area contributed by atoms with Crippen LogP contribution in [0.2, 0.25) is 0 Å². The van der Waals surface area contributed by atoms with Gasteiger partial charge in [0.2, 0.25) is 0 Å². The number of ketones is 1. The molecule has 1 rings (SSSR count). The van der Waals surface area contributed by atoms with Crippen LogP contribution in [0.4, 0.5) is 0 Å². The van der Waals surface area contributed by atoms with Gasteiger partial charge in [0.25, 0.3) is 0 Å². The molecule has 0 amide bonds. The molecule has 1 aromatic rings. The van der Waals surface area contributed by atoms with Gasteiger partial charge in [-0.1, -0.05) is 32.0 Å². The summed E-state index contributed by atoms with van der Waals surface area (Å²) in [5.74, 6) is 0.957. The number of carbonyl (C=O) groups excluding carboxylic acids is 1. The van der Waals surface area contributed by atoms with Gasteiger partial charge in [0, 0.05) is 11.3 Å². The average molecular weight is 265 g/mol. The third-order valence-electron chi connectivity index (χ3n) is 2.97. The Labute approximate surface area is 115 Å². The van der Waals surface area contributed by atoms with Gasteiger partial charge < -0.3 is 4.90 Å². The van der Waals surface area contributed by atoms with Crippen molar-refractivity contribution in [3.8, 4) is 0 Å². The van der Waals surface area contributed by atoms with E-state index in [2.05, 4.69) is 18.7 Å². The molecular weight excluding hydrogens is 242 g/mol. The lowest BCUT2D eigenvalue weighted by Crippen LogP contribution is -2.24. The van der Waals surface area contributed by atoms with E-state index in [0.29, 0.717) is 18.0 Å². The lowest BCUT2D eigenvalue weighted by atomic mass is 10.2. The normalized spacial score (nSPS) is 10.8. The van der Waals surface area contributed by atoms with Crippen molar-refractivity contribution >= 4 is 17.5 Å². The highest BCUT2D eigenvalue weighted by molar-refractivity contribution is 8.00. The van der Waals surface area contributed by atoms with E-state index >= 15 is 0 Å². The van der Waals surface area contributed by atoms with Crippen LogP contribution in [0.1, 0.15) is 26.7 Å². The molecule has 0 bridgehead atoms. The van der Waals surface area contributed by atoms with Crippen molar-refractivity contribution < 1.29 is 4.79 Å². The third kappa shape index (κ3) is 6.22. The van der Waals surface area contributed by atoms with Gasteiger partial charge in [0.05, 0.1) is 5.75 Å². The standard InChI is InChI=1S/C15H23NOS/c1-3-16(4-2)12-8-9-14(17)13-18-15-10-6-5-7-11-15/h5-7,10-11H,3-4,8-9,12-13H2,1-2H3. The minimum absolute atomic E-state index is 0.357. The quantitative estimate of drug-likeness (QED) is 0.638. The first-order chi connectivity index (χ1) is 8.76. The maximum Gasteiger partial charge on any atom is 0.143 e. The maximum atomic E-state index is 11.7. The highest BCUT2D eigenvalue weighted by Gasteiger charge is 2.05. The summed E-state index contributed by atoms with van der Waals surface area (Å²) in [5, 5.41) is 0. The number of hydrogen-bond acceptors (Lipinski definition) is 3. The van der Waals surface area contributed by atoms with Crippen LogP contribution in [0, 0.1) is 0 Å². The monoisotopic (exact) mass is 265 g/mol. The number of thioether (sulfide) groups is 1. The number of Topliss-reactive ketones (excluding diaryl/α,β-unsaturated/α-hetero) is 1. The zero-order valence-electron chi connectivity index (χ0n) is 11.4. The molecule has 0 N–H and O–H groups in total. The molecule has 0 saturated heterocycles. The molecular formula is C15H23NOS. The summed E-state index contributed by atoms with van der Waals surface area (Å²) in [6.07, 6.45) is 1.69. The van der Waals surface area contributed by atoms with Crippen LogP contribution in [-0.2, 0) is 4.79 Å². The van der Waals surface area contributed by atoms with Crippen LogP contribution >= 0.6 is 11.8 Å². The second kappa shape index (κ2) is 9.17. The minimum atomic E-state index is 0.357. The second-order valence-corrected chi connectivity index (χ2v) is 5.32. The number of nitrogens with zero attached hydrogens (tertiary/aromatic N) is 1. The molecule has 0 aliphatic heterocycles. The number of rotatable bonds is 9. The molecule has 3 heteroatoms. The summed E-state index contributed by atoms with van der Waals surface area (Å²) >= 11 is 1.64. The van der Waals surface area contributed by atoms with E-state index in [1.54, 1.807) is 11.8 Å². The van der Waals surface area contributed by atoms with Crippen molar-refractivity contribution in [1.29, 1.82) is 0 Å². The van der Waals surface area contributed by atoms with Gasteiger partial charge in [-0.05, 0) is 38.2 Å². The van der Waals surface area contributed by atoms with Gasteiger partial charge in [-0.2, -0.15) is 0 Å². The van der Waals surface area contributed by atoms with Crippen molar-refractivity contribution in [1.82, 2.24) is 4.90 Å². The first kappa shape index (κ1) is 15.3. The Bertz CT molecular complexity index is 336. The largest absolute Gasteiger partial charge is 0.304 e. The van der Waals surface area contributed by atoms with Gasteiger partial charge in [0.1, 0.15) is 5.78 Å². The first-order valence-corrected chi connectivity index (χ1v) is 7.66. The molecule has 0 aliphatic carbocycles. The zero-order valence-corrected chi connectivity index (χ0v) is 12.2. The highest BCUT2D eigenvalue weighted by Crippen LogP contribution is 2.17. The molecule has 0 aliphatic rings. The summed E-state index contributed by atoms with van der Waals surface area (Å²) in [6, 6.07) is 10.1. The minimum Gasteiger partial charge on any atom is -0.304 e. The number of hydrogen-bond donors (Lipinski definition) is 0. The molecule has 0 aromatic heterocycles. The smallest absolute Gasteiger partial charge is 0.143 e. The Morgan fingerprint density at radius 1 is 1.17 bits per heavy atom. The molecule has 100 valence electrons. The fourth-order valence-corrected chi connectivity index (χ4v) is 2.61. The third-order valence-corrected chi connectivity index (χ3v) is 4.04. The molecule has 0 fully saturated rings. The van der Waals surface area contributed by atoms with E-state index < -0.39 is 0 Å². The number of carbonyl (C=O) groups is 1. The van der Waals surface area contributed by atoms with E-state index in [1.807, 2.05) is 30.3 Å². The van der Waals surface area contributed by atoms with Crippen molar-refractivity contribution in [2.75, 3.05) is 25.4 Å². The van der Waals surface area contributed by atoms with E-state index in [0.717, 1.165) is 26.1 Å². The topological polar surface area (TPSA) is 20.3 Å². The Morgan fingerprint density at radius 3 is 2.44 bits per heavy atom. The van der Waals surface area contributed by atoms with Crippen LogP contribution in [0.3, 0.4) is 0 Å². The van der Waals surface area contributed by atoms with Crippen LogP contribution in [0.5, 0.6) is 0 Å². The van der Waals surface area contributed by atoms with Crippen molar-refractivity contribution in [2.45, 2.75) is 31.6 Å². The first-order valence-electron chi connectivity index (χ1n) is 6.68. The SMILES string of the molecule is CCN(CC)CCCC(=O)CSc1ccccc1. The molecule has 0 radical (unpaired) electrons. The summed E-state index contributed by atoms with van der Waals surface area (Å²) in [4.78, 5) is 15.3. The Hall–Kier alpha value is -0.800. The summed E-state index contributed by atoms with van der Waals surface area (Å²) in [5.41, 5.74) is 0. The number of benzene rings is 1. The van der Waals surface area contributed by atoms with Crippen LogP contribution in [0.25, 0.3) is 0 Å². The molecule has 0 spiro atoms. The van der Waals surface area contributed by atoms with Gasteiger partial charge in [0.15, 0.2) is 0 Å². The van der Waals surface area contributed by atoms with Crippen molar-refractivity contribution in [3.05, 3.63) is 30.3 Å². The summed E-state index contributed by atoms with van der Waals surface area (Å²) in [6.45, 7) is 7.51. The predicted octanol–water partition coefficient (Wildman–Crippen LogP) is 3.47. The Balaban J connectivity index is 2.14. The molecule has 2 nitrogen and oxygen atoms in total. The molecule has 1 aromatic carbocycles. The Kier molecular flexibility index (Phi) is 7.78. The van der Waals surface area contributed by atoms with E-state index in [1.165, 1.54) is 4.90 Å². The zero-order chi connectivity index (χ0) is 13.2. The van der Waals surface area contributed by atoms with Gasteiger partial charge >= 0.3 is 0 Å². The van der Waals surface area contributed by atoms with Gasteiger partial charge in [-0.15, -0.1) is 11.8 Å². The summed E-state index contributed by atoms with van der Waals surface area (Å²) in [7, 11) is 0. The molecule has 0 heterocycles. The fourth-order valence-electron chi connectivity index (χ4n) is 1.79. The lowest BCUT2D eigenvalue weighted by Gasteiger charge is -2.17. The molecule has 18 heavy (non-hydrogen) atoms. The van der Waals surface area contributed by atoms with E-state index in [-0.39, 0.29) is 0 Å². The van der Waals surface area contributed by atoms with Crippen LogP contribution in [0.15, 0.2) is 35.2 Å². The van der Waals surface area contributed by atoms with Crippen LogP contribution < -0.4 is 0 Å². The lowest BCUT2D eigenvalue weighted by molar-refractivity contribution is -0.116. The maximum absolute atomic E-state index is 11.7. The predicted molar refractivity (Wildman–Crippen MR) is 79.2 cm³/mol. The van der Waals surface area contributed by atoms with Crippen molar-refractivity contribution in [2.24, 2.45) is 0 Å². The molecule has 0 saturated carbocycles. The van der Waals surface area contributed by atoms with E-state index in [9.17, 15) is 4.79 Å². The van der Waals surface area contributed by atoms with Gasteiger partial charge in [-0.25, -0.2) is 0 Å². The average Bonchev–Trinajstić information content (AvgIpc) is 2.42. The van der Waals surface area contributed by atoms with Crippen LogP contribution in [-0.4, -0.2) is 36.1 Å².